The molecule has 2 aromatic rings. The van der Waals surface area contributed by atoms with Crippen molar-refractivity contribution in [3.8, 4) is 29.5 Å². The monoisotopic (exact) mass is 242 g/mol. The van der Waals surface area contributed by atoms with E-state index in [0.29, 0.717) is 19.0 Å². The Labute approximate surface area is 106 Å². The van der Waals surface area contributed by atoms with E-state index in [4.69, 9.17) is 15.6 Å². The van der Waals surface area contributed by atoms with Crippen molar-refractivity contribution in [2.24, 2.45) is 0 Å². The molecule has 0 unspecified atom stereocenters. The van der Waals surface area contributed by atoms with Gasteiger partial charge < -0.3 is 14.5 Å². The van der Waals surface area contributed by atoms with Crippen molar-refractivity contribution in [3.05, 3.63) is 36.2 Å². The molecule has 0 aliphatic heterocycles. The van der Waals surface area contributed by atoms with E-state index in [9.17, 15) is 0 Å². The minimum Gasteiger partial charge on any atom is -0.497 e. The first kappa shape index (κ1) is 12.2. The molecular weight excluding hydrogens is 228 g/mol. The van der Waals surface area contributed by atoms with Crippen molar-refractivity contribution < 1.29 is 9.15 Å². The first-order chi connectivity index (χ1) is 8.83. The highest BCUT2D eigenvalue weighted by atomic mass is 16.5. The summed E-state index contributed by atoms with van der Waals surface area (Å²) in [5.74, 6) is 3.91. The van der Waals surface area contributed by atoms with Crippen LogP contribution in [0.4, 0.5) is 0 Å². The number of ether oxygens (including phenoxy) is 1. The van der Waals surface area contributed by atoms with E-state index in [0.717, 1.165) is 17.0 Å². The molecular formula is C14H14N2O2. The van der Waals surface area contributed by atoms with Crippen LogP contribution in [-0.2, 0) is 6.54 Å². The van der Waals surface area contributed by atoms with Gasteiger partial charge in [0.25, 0.3) is 0 Å². The molecule has 2 rings (SSSR count). The molecule has 18 heavy (non-hydrogen) atoms. The number of rotatable bonds is 5. The smallest absolute Gasteiger partial charge is 0.226 e. The second-order valence-electron chi connectivity index (χ2n) is 3.68. The van der Waals surface area contributed by atoms with Crippen LogP contribution in [0.25, 0.3) is 11.5 Å². The second kappa shape index (κ2) is 5.89. The van der Waals surface area contributed by atoms with Gasteiger partial charge in [0.2, 0.25) is 5.89 Å². The lowest BCUT2D eigenvalue weighted by Crippen LogP contribution is -2.13. The molecule has 0 atom stereocenters. The van der Waals surface area contributed by atoms with Crippen molar-refractivity contribution in [3.63, 3.8) is 0 Å². The van der Waals surface area contributed by atoms with Crippen LogP contribution in [0.5, 0.6) is 5.75 Å². The summed E-state index contributed by atoms with van der Waals surface area (Å²) in [7, 11) is 1.63. The number of aromatic nitrogens is 1. The van der Waals surface area contributed by atoms with Crippen LogP contribution < -0.4 is 10.1 Å². The summed E-state index contributed by atoms with van der Waals surface area (Å²) in [5, 5.41) is 3.06. The normalized spacial score (nSPS) is 10.0. The molecule has 1 N–H and O–H groups in total. The lowest BCUT2D eigenvalue weighted by molar-refractivity contribution is 0.415. The first-order valence-corrected chi connectivity index (χ1v) is 5.56. The van der Waals surface area contributed by atoms with Gasteiger partial charge in [-0.1, -0.05) is 5.92 Å². The Morgan fingerprint density at radius 2 is 2.17 bits per heavy atom. The van der Waals surface area contributed by atoms with Gasteiger partial charge in [-0.15, -0.1) is 6.42 Å². The Kier molecular flexibility index (Phi) is 4.00. The molecule has 0 fully saturated rings. The van der Waals surface area contributed by atoms with Gasteiger partial charge in [0.1, 0.15) is 12.0 Å². The molecule has 0 aliphatic carbocycles. The highest BCUT2D eigenvalue weighted by Gasteiger charge is 2.06. The summed E-state index contributed by atoms with van der Waals surface area (Å²) in [6.45, 7) is 1.12. The fraction of sp³-hybridized carbons (Fsp3) is 0.214. The number of hydrogen-bond donors (Lipinski definition) is 1. The standard InChI is InChI=1S/C14H14N2O2/c1-3-8-15-9-12-10-18-14(16-12)11-4-6-13(17-2)7-5-11/h1,4-7,10,15H,8-9H2,2H3. The molecule has 1 heterocycles. The summed E-state index contributed by atoms with van der Waals surface area (Å²) in [5.41, 5.74) is 1.75. The summed E-state index contributed by atoms with van der Waals surface area (Å²) >= 11 is 0. The second-order valence-corrected chi connectivity index (χ2v) is 3.68. The zero-order valence-corrected chi connectivity index (χ0v) is 10.1. The van der Waals surface area contributed by atoms with E-state index in [2.05, 4.69) is 16.2 Å². The average Bonchev–Trinajstić information content (AvgIpc) is 2.88. The highest BCUT2D eigenvalue weighted by Crippen LogP contribution is 2.21. The summed E-state index contributed by atoms with van der Waals surface area (Å²) < 4.78 is 10.5. The molecule has 0 amide bonds. The number of hydrogen-bond acceptors (Lipinski definition) is 4. The van der Waals surface area contributed by atoms with Crippen LogP contribution in [0.2, 0.25) is 0 Å². The predicted octanol–water partition coefficient (Wildman–Crippen LogP) is 2.07. The third kappa shape index (κ3) is 2.90. The zero-order chi connectivity index (χ0) is 12.8. The largest absolute Gasteiger partial charge is 0.497 e. The van der Waals surface area contributed by atoms with Crippen LogP contribution in [-0.4, -0.2) is 18.6 Å². The SMILES string of the molecule is C#CCNCc1coc(-c2ccc(OC)cc2)n1. The van der Waals surface area contributed by atoms with Gasteiger partial charge in [-0.05, 0) is 24.3 Å². The maximum atomic E-state index is 5.41. The van der Waals surface area contributed by atoms with Crippen LogP contribution in [0.3, 0.4) is 0 Å². The topological polar surface area (TPSA) is 47.3 Å². The Bertz CT molecular complexity index is 538. The number of nitrogens with one attached hydrogen (secondary N) is 1. The zero-order valence-electron chi connectivity index (χ0n) is 10.1. The van der Waals surface area contributed by atoms with Crippen LogP contribution in [0.15, 0.2) is 34.9 Å². The maximum absolute atomic E-state index is 5.41. The molecule has 0 saturated heterocycles. The summed E-state index contributed by atoms with van der Waals surface area (Å²) in [4.78, 5) is 4.37. The van der Waals surface area contributed by atoms with Gasteiger partial charge in [0, 0.05) is 12.1 Å². The van der Waals surface area contributed by atoms with Gasteiger partial charge in [0.15, 0.2) is 0 Å². The van der Waals surface area contributed by atoms with Crippen LogP contribution >= 0.6 is 0 Å². The molecule has 0 aliphatic rings. The van der Waals surface area contributed by atoms with Crippen molar-refractivity contribution in [1.29, 1.82) is 0 Å². The van der Waals surface area contributed by atoms with E-state index in [1.54, 1.807) is 13.4 Å². The molecule has 4 heteroatoms. The molecule has 4 nitrogen and oxygen atoms in total. The van der Waals surface area contributed by atoms with E-state index in [1.165, 1.54) is 0 Å². The third-order valence-electron chi connectivity index (χ3n) is 2.42. The average molecular weight is 242 g/mol. The Hall–Kier alpha value is -2.25. The van der Waals surface area contributed by atoms with Crippen molar-refractivity contribution in [2.75, 3.05) is 13.7 Å². The van der Waals surface area contributed by atoms with E-state index >= 15 is 0 Å². The molecule has 1 aromatic carbocycles. The van der Waals surface area contributed by atoms with E-state index in [-0.39, 0.29) is 0 Å². The van der Waals surface area contributed by atoms with Crippen LogP contribution in [0.1, 0.15) is 5.69 Å². The number of methoxy groups -OCH3 is 1. The Balaban J connectivity index is 2.06. The minimum atomic E-state index is 0.519. The minimum absolute atomic E-state index is 0.519. The Morgan fingerprint density at radius 1 is 1.39 bits per heavy atom. The summed E-state index contributed by atoms with van der Waals surface area (Å²) in [6, 6.07) is 7.55. The highest BCUT2D eigenvalue weighted by molar-refractivity contribution is 5.54. The number of nitrogens with zero attached hydrogens (tertiary/aromatic N) is 1. The number of benzene rings is 1. The van der Waals surface area contributed by atoms with Gasteiger partial charge in [-0.2, -0.15) is 0 Å². The Morgan fingerprint density at radius 3 is 2.83 bits per heavy atom. The van der Waals surface area contributed by atoms with Gasteiger partial charge in [-0.25, -0.2) is 4.98 Å². The number of terminal acetylenes is 1. The summed E-state index contributed by atoms with van der Waals surface area (Å²) in [6.07, 6.45) is 6.78. The molecule has 1 aromatic heterocycles. The maximum Gasteiger partial charge on any atom is 0.226 e. The lowest BCUT2D eigenvalue weighted by Gasteiger charge is -1.99. The van der Waals surface area contributed by atoms with Gasteiger partial charge >= 0.3 is 0 Å². The lowest BCUT2D eigenvalue weighted by atomic mass is 10.2. The van der Waals surface area contributed by atoms with E-state index < -0.39 is 0 Å². The van der Waals surface area contributed by atoms with Crippen molar-refractivity contribution in [1.82, 2.24) is 10.3 Å². The molecule has 0 spiro atoms. The first-order valence-electron chi connectivity index (χ1n) is 5.56. The van der Waals surface area contributed by atoms with Gasteiger partial charge in [0.05, 0.1) is 19.3 Å². The molecule has 0 radical (unpaired) electrons. The fourth-order valence-electron chi connectivity index (χ4n) is 1.52. The molecule has 0 bridgehead atoms. The molecule has 0 saturated carbocycles. The fourth-order valence-corrected chi connectivity index (χ4v) is 1.52. The van der Waals surface area contributed by atoms with Crippen molar-refractivity contribution >= 4 is 0 Å². The predicted molar refractivity (Wildman–Crippen MR) is 69.0 cm³/mol. The van der Waals surface area contributed by atoms with Crippen LogP contribution in [0, 0.1) is 12.3 Å². The van der Waals surface area contributed by atoms with Gasteiger partial charge in [-0.3, -0.25) is 0 Å². The quantitative estimate of drug-likeness (QED) is 0.644. The molecule has 92 valence electrons. The van der Waals surface area contributed by atoms with E-state index in [1.807, 2.05) is 24.3 Å². The third-order valence-corrected chi connectivity index (χ3v) is 2.42. The van der Waals surface area contributed by atoms with Crippen molar-refractivity contribution in [2.45, 2.75) is 6.54 Å². The number of oxazole rings is 1.